The number of benzene rings is 1. The molecule has 0 aliphatic carbocycles. The first kappa shape index (κ1) is 21.0. The molecule has 0 unspecified atom stereocenters. The third-order valence-electron chi connectivity index (χ3n) is 5.70. The first-order chi connectivity index (χ1) is 16.0. The molecule has 0 radical (unpaired) electrons. The summed E-state index contributed by atoms with van der Waals surface area (Å²) in [6.45, 7) is 3.28. The molecule has 33 heavy (non-hydrogen) atoms. The van der Waals surface area contributed by atoms with Gasteiger partial charge < -0.3 is 15.8 Å². The van der Waals surface area contributed by atoms with Gasteiger partial charge in [0.1, 0.15) is 23.0 Å². The lowest BCUT2D eigenvalue weighted by atomic mass is 10.1. The highest BCUT2D eigenvalue weighted by Gasteiger charge is 2.22. The van der Waals surface area contributed by atoms with Gasteiger partial charge in [-0.3, -0.25) is 9.20 Å². The quantitative estimate of drug-likeness (QED) is 0.487. The Hall–Kier alpha value is -3.85. The molecule has 0 atom stereocenters. The average Bonchev–Trinajstić information content (AvgIpc) is 2.96. The Bertz CT molecular complexity index is 1370. The number of pyridine rings is 1. The van der Waals surface area contributed by atoms with Gasteiger partial charge in [0.15, 0.2) is 5.82 Å². The normalized spacial score (nSPS) is 13.5. The Morgan fingerprint density at radius 1 is 1.24 bits per heavy atom. The third-order valence-corrected chi connectivity index (χ3v) is 5.70. The molecule has 3 N–H and O–H groups in total. The zero-order valence-electron chi connectivity index (χ0n) is 18.1. The molecule has 1 aromatic carbocycles. The van der Waals surface area contributed by atoms with Crippen LogP contribution in [0, 0.1) is 12.7 Å². The molecule has 4 aromatic rings. The lowest BCUT2D eigenvalue weighted by molar-refractivity contribution is 0.100. The number of primary amides is 1. The first-order valence-corrected chi connectivity index (χ1v) is 10.7. The highest BCUT2D eigenvalue weighted by atomic mass is 19.1. The topological polar surface area (TPSA) is 107 Å². The number of halogens is 1. The molecule has 0 saturated heterocycles. The fourth-order valence-electron chi connectivity index (χ4n) is 4.16. The molecule has 8 nitrogen and oxygen atoms in total. The van der Waals surface area contributed by atoms with E-state index >= 15 is 0 Å². The van der Waals surface area contributed by atoms with Crippen molar-refractivity contribution in [3.05, 3.63) is 76.5 Å². The number of aryl methyl sites for hydroxylation is 1. The van der Waals surface area contributed by atoms with Crippen LogP contribution in [0.15, 0.2) is 42.6 Å². The fraction of sp³-hybridized carbons (Fsp3) is 0.250. The number of carbonyl (C=O) groups is 1. The average molecular weight is 446 g/mol. The van der Waals surface area contributed by atoms with E-state index in [9.17, 15) is 9.18 Å². The summed E-state index contributed by atoms with van der Waals surface area (Å²) in [4.78, 5) is 26.1. The molecular formula is C24H23FN6O2. The van der Waals surface area contributed by atoms with E-state index in [-0.39, 0.29) is 5.82 Å². The Balaban J connectivity index is 1.62. The summed E-state index contributed by atoms with van der Waals surface area (Å²) >= 11 is 0. The Kier molecular flexibility index (Phi) is 5.47. The van der Waals surface area contributed by atoms with E-state index in [1.165, 1.54) is 12.1 Å². The SMILES string of the molecule is Cc1nc2c(C(N)=O)cccn2c1-c1nc2c(c(NCc3cccc(F)c3)n1)CCCOC2. The van der Waals surface area contributed by atoms with Crippen LogP contribution in [0.5, 0.6) is 0 Å². The van der Waals surface area contributed by atoms with Gasteiger partial charge in [0, 0.05) is 24.9 Å². The van der Waals surface area contributed by atoms with E-state index in [1.807, 2.05) is 19.2 Å². The van der Waals surface area contributed by atoms with Crippen LogP contribution in [0.2, 0.25) is 0 Å². The molecule has 0 spiro atoms. The molecule has 0 bridgehead atoms. The second-order valence-corrected chi connectivity index (χ2v) is 7.99. The van der Waals surface area contributed by atoms with Gasteiger partial charge in [-0.15, -0.1) is 0 Å². The van der Waals surface area contributed by atoms with Crippen molar-refractivity contribution in [2.24, 2.45) is 5.73 Å². The molecule has 0 fully saturated rings. The Morgan fingerprint density at radius 2 is 2.12 bits per heavy atom. The minimum absolute atomic E-state index is 0.281. The predicted molar refractivity (Wildman–Crippen MR) is 121 cm³/mol. The van der Waals surface area contributed by atoms with Crippen LogP contribution in [-0.4, -0.2) is 31.9 Å². The second kappa shape index (κ2) is 8.59. The number of ether oxygens (including phenoxy) is 1. The number of imidazole rings is 1. The van der Waals surface area contributed by atoms with E-state index in [0.29, 0.717) is 54.0 Å². The third kappa shape index (κ3) is 4.03. The summed E-state index contributed by atoms with van der Waals surface area (Å²) in [5, 5.41) is 3.37. The zero-order chi connectivity index (χ0) is 22.9. The number of anilines is 1. The van der Waals surface area contributed by atoms with Gasteiger partial charge in [0.2, 0.25) is 0 Å². The maximum absolute atomic E-state index is 13.6. The summed E-state index contributed by atoms with van der Waals surface area (Å²) in [7, 11) is 0. The van der Waals surface area contributed by atoms with Crippen molar-refractivity contribution >= 4 is 17.4 Å². The fourth-order valence-corrected chi connectivity index (χ4v) is 4.16. The summed E-state index contributed by atoms with van der Waals surface area (Å²) < 4.78 is 21.2. The number of aromatic nitrogens is 4. The molecule has 5 rings (SSSR count). The van der Waals surface area contributed by atoms with Crippen LogP contribution in [0.25, 0.3) is 17.2 Å². The molecule has 4 heterocycles. The molecule has 1 aliphatic heterocycles. The van der Waals surface area contributed by atoms with E-state index in [1.54, 1.807) is 22.6 Å². The van der Waals surface area contributed by atoms with Gasteiger partial charge in [-0.2, -0.15) is 0 Å². The van der Waals surface area contributed by atoms with Crippen molar-refractivity contribution in [2.75, 3.05) is 11.9 Å². The van der Waals surface area contributed by atoms with Crippen molar-refractivity contribution in [1.29, 1.82) is 0 Å². The molecule has 9 heteroatoms. The molecular weight excluding hydrogens is 423 g/mol. The number of hydrogen-bond acceptors (Lipinski definition) is 6. The number of nitrogens with two attached hydrogens (primary N) is 1. The number of fused-ring (bicyclic) bond motifs is 2. The van der Waals surface area contributed by atoms with Crippen LogP contribution < -0.4 is 11.1 Å². The Labute approximate surface area is 189 Å². The van der Waals surface area contributed by atoms with Gasteiger partial charge in [0.25, 0.3) is 5.91 Å². The van der Waals surface area contributed by atoms with Crippen molar-refractivity contribution in [3.63, 3.8) is 0 Å². The van der Waals surface area contributed by atoms with Crippen molar-refractivity contribution in [1.82, 2.24) is 19.4 Å². The zero-order valence-corrected chi connectivity index (χ0v) is 18.1. The van der Waals surface area contributed by atoms with Gasteiger partial charge in [0.05, 0.1) is 23.6 Å². The molecule has 168 valence electrons. The monoisotopic (exact) mass is 446 g/mol. The maximum atomic E-state index is 13.6. The first-order valence-electron chi connectivity index (χ1n) is 10.7. The van der Waals surface area contributed by atoms with Crippen LogP contribution in [-0.2, 0) is 24.3 Å². The van der Waals surface area contributed by atoms with E-state index in [4.69, 9.17) is 20.4 Å². The van der Waals surface area contributed by atoms with Gasteiger partial charge in [-0.1, -0.05) is 12.1 Å². The summed E-state index contributed by atoms with van der Waals surface area (Å²) in [5.41, 5.74) is 10.3. The predicted octanol–water partition coefficient (Wildman–Crippen LogP) is 3.41. The van der Waals surface area contributed by atoms with Gasteiger partial charge >= 0.3 is 0 Å². The van der Waals surface area contributed by atoms with Crippen LogP contribution in [0.3, 0.4) is 0 Å². The number of nitrogens with one attached hydrogen (secondary N) is 1. The lowest BCUT2D eigenvalue weighted by Crippen LogP contribution is -2.13. The van der Waals surface area contributed by atoms with Crippen LogP contribution >= 0.6 is 0 Å². The van der Waals surface area contributed by atoms with Crippen molar-refractivity contribution < 1.29 is 13.9 Å². The smallest absolute Gasteiger partial charge is 0.252 e. The summed E-state index contributed by atoms with van der Waals surface area (Å²) in [6, 6.07) is 9.85. The van der Waals surface area contributed by atoms with Gasteiger partial charge in [-0.25, -0.2) is 19.3 Å². The maximum Gasteiger partial charge on any atom is 0.252 e. The number of hydrogen-bond donors (Lipinski definition) is 2. The highest BCUT2D eigenvalue weighted by molar-refractivity contribution is 5.99. The number of rotatable bonds is 5. The molecule has 3 aromatic heterocycles. The number of carbonyl (C=O) groups excluding carboxylic acids is 1. The van der Waals surface area contributed by atoms with Crippen LogP contribution in [0.4, 0.5) is 10.2 Å². The molecule has 0 saturated carbocycles. The van der Waals surface area contributed by atoms with Crippen molar-refractivity contribution in [2.45, 2.75) is 32.9 Å². The van der Waals surface area contributed by atoms with E-state index < -0.39 is 5.91 Å². The minimum atomic E-state index is -0.550. The van der Waals surface area contributed by atoms with Crippen LogP contribution in [0.1, 0.15) is 39.3 Å². The Morgan fingerprint density at radius 3 is 2.94 bits per heavy atom. The standard InChI is InChI=1S/C24H23FN6O2/c1-14-20(31-9-3-7-18(21(26)32)24(31)28-14)23-29-19-13-33-10-4-8-17(19)22(30-23)27-12-15-5-2-6-16(25)11-15/h2-3,5-7,9,11H,4,8,10,12-13H2,1H3,(H2,26,32)(H,27,29,30). The second-order valence-electron chi connectivity index (χ2n) is 7.99. The molecule has 1 aliphatic rings. The van der Waals surface area contributed by atoms with E-state index in [2.05, 4.69) is 10.3 Å². The lowest BCUT2D eigenvalue weighted by Gasteiger charge is -2.15. The molecule has 1 amide bonds. The largest absolute Gasteiger partial charge is 0.375 e. The van der Waals surface area contributed by atoms with E-state index in [0.717, 1.165) is 29.7 Å². The highest BCUT2D eigenvalue weighted by Crippen LogP contribution is 2.29. The van der Waals surface area contributed by atoms with Crippen molar-refractivity contribution in [3.8, 4) is 11.5 Å². The summed E-state index contributed by atoms with van der Waals surface area (Å²) in [6.07, 6.45) is 3.45. The minimum Gasteiger partial charge on any atom is -0.375 e. The number of nitrogens with zero attached hydrogens (tertiary/aromatic N) is 4. The summed E-state index contributed by atoms with van der Waals surface area (Å²) in [5.74, 6) is 0.320. The number of amides is 1. The van der Waals surface area contributed by atoms with Gasteiger partial charge in [-0.05, 0) is 49.6 Å².